The van der Waals surface area contributed by atoms with E-state index < -0.39 is 0 Å². The molecule has 0 N–H and O–H groups in total. The largest absolute Gasteiger partial charge is 0.246 e. The van der Waals surface area contributed by atoms with Crippen molar-refractivity contribution in [1.82, 2.24) is 15.0 Å². The summed E-state index contributed by atoms with van der Waals surface area (Å²) in [5.41, 5.74) is 13.4. The van der Waals surface area contributed by atoms with Gasteiger partial charge in [0.2, 0.25) is 0 Å². The maximum atomic E-state index is 5.55. The lowest BCUT2D eigenvalue weighted by atomic mass is 9.91. The van der Waals surface area contributed by atoms with Crippen molar-refractivity contribution in [3.05, 3.63) is 419 Å². The Bertz CT molecular complexity index is 8970. The Morgan fingerprint density at radius 3 is 0.780 bits per heavy atom. The van der Waals surface area contributed by atoms with E-state index in [0.29, 0.717) is 0 Å². The van der Waals surface area contributed by atoms with E-state index in [4.69, 9.17) is 15.0 Å². The van der Waals surface area contributed by atoms with Gasteiger partial charge in [-0.3, -0.25) is 0 Å². The molecule has 0 amide bonds. The fourth-order valence-electron chi connectivity index (χ4n) is 19.7. The normalized spacial score (nSPS) is 11.9. The van der Waals surface area contributed by atoms with Crippen LogP contribution in [0.4, 0.5) is 0 Å². The number of nitrogens with zero attached hydrogens (tertiary/aromatic N) is 3. The summed E-state index contributed by atoms with van der Waals surface area (Å²) in [7, 11) is 0. The Labute approximate surface area is 719 Å². The Kier molecular flexibility index (Phi) is 16.6. The zero-order valence-corrected chi connectivity index (χ0v) is 68.9. The maximum Gasteiger partial charge on any atom is 0.124 e. The van der Waals surface area contributed by atoms with Gasteiger partial charge >= 0.3 is 0 Å². The van der Waals surface area contributed by atoms with E-state index in [1.54, 1.807) is 11.3 Å². The molecule has 570 valence electrons. The molecule has 0 aliphatic carbocycles. The molecule has 6 heterocycles. The van der Waals surface area contributed by atoms with Gasteiger partial charge in [-0.1, -0.05) is 346 Å². The van der Waals surface area contributed by atoms with E-state index in [0.717, 1.165) is 55.4 Å². The molecule has 0 spiro atoms. The quantitative estimate of drug-likeness (QED) is 0.156. The van der Waals surface area contributed by atoms with Crippen molar-refractivity contribution in [2.45, 2.75) is 0 Å². The molecule has 0 unspecified atom stereocenters. The maximum absolute atomic E-state index is 5.55. The van der Waals surface area contributed by atoms with E-state index >= 15 is 0 Å². The highest BCUT2D eigenvalue weighted by atomic mass is 32.1. The minimum atomic E-state index is 0.994. The monoisotopic (exact) mass is 1610 g/mol. The first-order valence-electron chi connectivity index (χ1n) is 41.9. The number of thiophene rings is 3. The zero-order valence-electron chi connectivity index (χ0n) is 66.4. The second-order valence-electron chi connectivity index (χ2n) is 32.2. The van der Waals surface area contributed by atoms with E-state index in [2.05, 4.69) is 413 Å². The van der Waals surface area contributed by atoms with Gasteiger partial charge in [0.15, 0.2) is 0 Å². The molecular weight excluding hydrogens is 1540 g/mol. The van der Waals surface area contributed by atoms with E-state index in [9.17, 15) is 0 Å². The lowest BCUT2D eigenvalue weighted by Crippen LogP contribution is -1.91. The van der Waals surface area contributed by atoms with Crippen molar-refractivity contribution >= 4 is 224 Å². The van der Waals surface area contributed by atoms with Gasteiger partial charge in [0.1, 0.15) is 4.83 Å². The first kappa shape index (κ1) is 70.8. The molecular formula is C117H69N3S3. The van der Waals surface area contributed by atoms with Gasteiger partial charge in [0.05, 0.1) is 32.2 Å². The van der Waals surface area contributed by atoms with Crippen LogP contribution in [0.1, 0.15) is 0 Å². The van der Waals surface area contributed by atoms with Crippen LogP contribution in [-0.4, -0.2) is 15.0 Å². The van der Waals surface area contributed by atoms with Crippen LogP contribution in [0.2, 0.25) is 0 Å². The Hall–Kier alpha value is -15.2. The number of aromatic nitrogens is 3. The van der Waals surface area contributed by atoms with Gasteiger partial charge in [0.25, 0.3) is 0 Å². The van der Waals surface area contributed by atoms with Crippen molar-refractivity contribution in [3.8, 4) is 67.3 Å². The number of hydrogen-bond acceptors (Lipinski definition) is 6. The van der Waals surface area contributed by atoms with Gasteiger partial charge in [-0.25, -0.2) is 15.0 Å². The smallest absolute Gasteiger partial charge is 0.124 e. The molecule has 0 aliphatic rings. The van der Waals surface area contributed by atoms with Crippen LogP contribution in [-0.2, 0) is 0 Å². The number of hydrogen-bond donors (Lipinski definition) is 0. The predicted octanol–water partition coefficient (Wildman–Crippen LogP) is 34.2. The standard InChI is InChI=1S/C47H27NS.2C35H21NS/c1-3-15-34-30(11-1)32-13-5-7-17-36(32)41-25-28(21-23-38(34)41)44-27-43-40-19-9-10-20-45(40)49-47(43)46(48-44)29-22-24-39-35-16-4-2-12-31(35)33-14-6-8-18-37(33)42(39)26-29;1-2-12-28-26(10-1)27-11-3-4-13-29(27)32-19-24(16-17-30(28)32)22-8-7-9-23(18-22)25-20-33-31-14-5-6-15-34(31)37-35(33)36-21-25;1-2-10-22(11-3-1)34-35-31(29-16-8-9-17-33(29)37-35)21-32(36-34)23-18-19-28-26-14-5-4-12-24(26)25-13-6-7-15-27(25)30(28)20-23/h1-27H;2*1-21H. The molecule has 0 radical (unpaired) electrons. The average molecular weight is 1610 g/mol. The second kappa shape index (κ2) is 28.8. The lowest BCUT2D eigenvalue weighted by Gasteiger charge is -2.14. The molecule has 0 saturated heterocycles. The third-order valence-electron chi connectivity index (χ3n) is 25.4. The van der Waals surface area contributed by atoms with Crippen LogP contribution in [0.15, 0.2) is 419 Å². The van der Waals surface area contributed by atoms with E-state index in [1.165, 1.54) is 202 Å². The summed E-state index contributed by atoms with van der Waals surface area (Å²) in [6, 6.07) is 150. The Morgan fingerprint density at radius 1 is 0.146 bits per heavy atom. The van der Waals surface area contributed by atoms with E-state index in [-0.39, 0.29) is 0 Å². The lowest BCUT2D eigenvalue weighted by molar-refractivity contribution is 1.36. The highest BCUT2D eigenvalue weighted by Crippen LogP contribution is 2.49. The summed E-state index contributed by atoms with van der Waals surface area (Å²) in [4.78, 5) is 16.8. The molecule has 6 heteroatoms. The van der Waals surface area contributed by atoms with Crippen molar-refractivity contribution < 1.29 is 0 Å². The van der Waals surface area contributed by atoms with Crippen molar-refractivity contribution in [2.75, 3.05) is 0 Å². The summed E-state index contributed by atoms with van der Waals surface area (Å²) in [5, 5.41) is 38.5. The molecule has 0 saturated carbocycles. The van der Waals surface area contributed by atoms with Gasteiger partial charge in [0, 0.05) is 80.4 Å². The summed E-state index contributed by atoms with van der Waals surface area (Å²) >= 11 is 5.43. The van der Waals surface area contributed by atoms with Gasteiger partial charge in [-0.15, -0.1) is 34.0 Å². The Morgan fingerprint density at radius 2 is 0.398 bits per heavy atom. The average Bonchev–Trinajstić information content (AvgIpc) is 1.16. The van der Waals surface area contributed by atoms with Crippen LogP contribution in [0.5, 0.6) is 0 Å². The predicted molar refractivity (Wildman–Crippen MR) is 534 cm³/mol. The molecule has 123 heavy (non-hydrogen) atoms. The molecule has 21 aromatic carbocycles. The van der Waals surface area contributed by atoms with Crippen molar-refractivity contribution in [3.63, 3.8) is 0 Å². The highest BCUT2D eigenvalue weighted by Gasteiger charge is 2.22. The molecule has 0 bridgehead atoms. The van der Waals surface area contributed by atoms with Gasteiger partial charge in [-0.2, -0.15) is 0 Å². The number of rotatable bonds is 6. The zero-order chi connectivity index (χ0) is 80.7. The summed E-state index contributed by atoms with van der Waals surface area (Å²) in [6.07, 6.45) is 2.01. The summed E-state index contributed by atoms with van der Waals surface area (Å²) in [6.45, 7) is 0. The highest BCUT2D eigenvalue weighted by molar-refractivity contribution is 7.27. The first-order valence-corrected chi connectivity index (χ1v) is 44.4. The second-order valence-corrected chi connectivity index (χ2v) is 35.3. The summed E-state index contributed by atoms with van der Waals surface area (Å²) < 4.78 is 6.34. The number of pyridine rings is 3. The Balaban J connectivity index is 0.000000103. The minimum absolute atomic E-state index is 0.994. The molecule has 27 rings (SSSR count). The summed E-state index contributed by atoms with van der Waals surface area (Å²) in [5.74, 6) is 0. The molecule has 0 fully saturated rings. The minimum Gasteiger partial charge on any atom is -0.246 e. The third kappa shape index (κ3) is 11.7. The SMILES string of the molecule is c1cc(-c2cnc3sc4ccccc4c3c2)cc(-c2ccc3c4ccccc4c4ccccc4c3c2)c1.c1ccc(-c2nc(-c3ccc4c5ccccc5c5ccccc5c4c3)cc3c2sc2ccccc23)cc1.c1ccc2c(c1)sc1c(-c3ccc4c5ccccc5c5ccccc5c4c3)nc(-c3ccc4c5ccccc5c5ccccc5c4c3)cc12. The molecule has 6 aromatic heterocycles. The first-order chi connectivity index (χ1) is 61.0. The fourth-order valence-corrected chi connectivity index (χ4v) is 23.1. The fraction of sp³-hybridized carbons (Fsp3) is 0. The van der Waals surface area contributed by atoms with Gasteiger partial charge in [-0.05, 0) is 213 Å². The molecule has 0 aliphatic heterocycles. The van der Waals surface area contributed by atoms with Crippen molar-refractivity contribution in [2.24, 2.45) is 0 Å². The number of benzene rings is 21. The van der Waals surface area contributed by atoms with Crippen LogP contribution >= 0.6 is 34.0 Å². The van der Waals surface area contributed by atoms with Gasteiger partial charge < -0.3 is 0 Å². The van der Waals surface area contributed by atoms with Crippen LogP contribution in [0.25, 0.3) is 257 Å². The van der Waals surface area contributed by atoms with Crippen molar-refractivity contribution in [1.29, 1.82) is 0 Å². The van der Waals surface area contributed by atoms with Crippen LogP contribution in [0.3, 0.4) is 0 Å². The third-order valence-corrected chi connectivity index (χ3v) is 28.9. The molecule has 27 aromatic rings. The van der Waals surface area contributed by atoms with Crippen LogP contribution < -0.4 is 0 Å². The number of fused-ring (bicyclic) bond motifs is 33. The van der Waals surface area contributed by atoms with Crippen LogP contribution in [0, 0.1) is 0 Å². The topological polar surface area (TPSA) is 38.7 Å². The molecule has 3 nitrogen and oxygen atoms in total. The van der Waals surface area contributed by atoms with E-state index in [1.807, 2.05) is 28.9 Å². The molecule has 0 atom stereocenters.